The van der Waals surface area contributed by atoms with Crippen LogP contribution in [0.3, 0.4) is 0 Å². The summed E-state index contributed by atoms with van der Waals surface area (Å²) in [6.45, 7) is 3.01. The van der Waals surface area contributed by atoms with Gasteiger partial charge < -0.3 is 15.4 Å². The zero-order chi connectivity index (χ0) is 14.6. The molecular formula is C11H22N6O2S. The van der Waals surface area contributed by atoms with E-state index in [9.17, 15) is 4.79 Å². The predicted octanol–water partition coefficient (Wildman–Crippen LogP) is -0.473. The summed E-state index contributed by atoms with van der Waals surface area (Å²) in [5, 5.41) is 18.2. The number of tetrazole rings is 1. The minimum Gasteiger partial charge on any atom is -0.383 e. The van der Waals surface area contributed by atoms with Gasteiger partial charge in [0.05, 0.1) is 13.2 Å². The second-order valence-corrected chi connectivity index (χ2v) is 5.11. The van der Waals surface area contributed by atoms with Crippen LogP contribution in [0.5, 0.6) is 0 Å². The lowest BCUT2D eigenvalue weighted by atomic mass is 10.3. The molecule has 8 nitrogen and oxygen atoms in total. The first-order chi connectivity index (χ1) is 9.77. The van der Waals surface area contributed by atoms with Gasteiger partial charge in [0.25, 0.3) is 0 Å². The first kappa shape index (κ1) is 16.9. The molecule has 2 N–H and O–H groups in total. The summed E-state index contributed by atoms with van der Waals surface area (Å²) < 4.78 is 6.72. The number of rotatable bonds is 11. The van der Waals surface area contributed by atoms with Crippen molar-refractivity contribution in [2.75, 3.05) is 39.6 Å². The molecule has 0 saturated heterocycles. The summed E-state index contributed by atoms with van der Waals surface area (Å²) in [4.78, 5) is 11.1. The maximum atomic E-state index is 11.1. The highest BCUT2D eigenvalue weighted by Crippen LogP contribution is 2.15. The minimum absolute atomic E-state index is 0.0625. The van der Waals surface area contributed by atoms with Gasteiger partial charge in [-0.3, -0.25) is 4.79 Å². The molecule has 20 heavy (non-hydrogen) atoms. The summed E-state index contributed by atoms with van der Waals surface area (Å²) in [7, 11) is 3.32. The molecule has 9 heteroatoms. The summed E-state index contributed by atoms with van der Waals surface area (Å²) in [5.41, 5.74) is 0. The smallest absolute Gasteiger partial charge is 0.219 e. The molecule has 0 aliphatic rings. The van der Waals surface area contributed by atoms with Crippen molar-refractivity contribution in [1.29, 1.82) is 0 Å². The van der Waals surface area contributed by atoms with Crippen molar-refractivity contribution in [1.82, 2.24) is 30.8 Å². The van der Waals surface area contributed by atoms with Crippen molar-refractivity contribution >= 4 is 17.7 Å². The van der Waals surface area contributed by atoms with E-state index < -0.39 is 0 Å². The summed E-state index contributed by atoms with van der Waals surface area (Å²) in [6, 6.07) is 0. The van der Waals surface area contributed by atoms with Gasteiger partial charge in [-0.15, -0.1) is 5.10 Å². The van der Waals surface area contributed by atoms with Crippen molar-refractivity contribution in [3.05, 3.63) is 0 Å². The second kappa shape index (κ2) is 10.6. The molecule has 0 saturated carbocycles. The molecule has 1 heterocycles. The molecule has 0 aromatic carbocycles. The van der Waals surface area contributed by atoms with Gasteiger partial charge in [-0.25, -0.2) is 4.68 Å². The predicted molar refractivity (Wildman–Crippen MR) is 76.6 cm³/mol. The molecule has 0 bridgehead atoms. The Morgan fingerprint density at radius 3 is 3.05 bits per heavy atom. The van der Waals surface area contributed by atoms with Gasteiger partial charge in [0, 0.05) is 39.4 Å². The average Bonchev–Trinajstić information content (AvgIpc) is 2.90. The van der Waals surface area contributed by atoms with Crippen LogP contribution in [0.25, 0.3) is 0 Å². The number of nitrogens with one attached hydrogen (secondary N) is 2. The monoisotopic (exact) mass is 302 g/mol. The number of hydrogen-bond acceptors (Lipinski definition) is 7. The van der Waals surface area contributed by atoms with Crippen LogP contribution in [-0.2, 0) is 16.1 Å². The van der Waals surface area contributed by atoms with E-state index in [1.54, 1.807) is 30.6 Å². The molecule has 0 aliphatic heterocycles. The molecule has 0 fully saturated rings. The first-order valence-corrected chi connectivity index (χ1v) is 7.55. The molecule has 1 aromatic rings. The van der Waals surface area contributed by atoms with E-state index in [2.05, 4.69) is 26.2 Å². The van der Waals surface area contributed by atoms with Crippen molar-refractivity contribution in [3.63, 3.8) is 0 Å². The van der Waals surface area contributed by atoms with Crippen LogP contribution in [0.4, 0.5) is 0 Å². The van der Waals surface area contributed by atoms with E-state index in [0.29, 0.717) is 19.6 Å². The van der Waals surface area contributed by atoms with Gasteiger partial charge in [0.1, 0.15) is 0 Å². The highest BCUT2D eigenvalue weighted by Gasteiger charge is 2.06. The zero-order valence-electron chi connectivity index (χ0n) is 12.0. The summed E-state index contributed by atoms with van der Waals surface area (Å²) in [6.07, 6.45) is 1.34. The Morgan fingerprint density at radius 2 is 2.30 bits per heavy atom. The highest BCUT2D eigenvalue weighted by molar-refractivity contribution is 7.99. The van der Waals surface area contributed by atoms with Gasteiger partial charge >= 0.3 is 0 Å². The Morgan fingerprint density at radius 1 is 1.45 bits per heavy atom. The molecule has 0 unspecified atom stereocenters. The summed E-state index contributed by atoms with van der Waals surface area (Å²) in [5.74, 6) is 0.887. The number of carbonyl (C=O) groups is 1. The van der Waals surface area contributed by atoms with E-state index in [1.807, 2.05) is 0 Å². The van der Waals surface area contributed by atoms with Crippen LogP contribution >= 0.6 is 11.8 Å². The topological polar surface area (TPSA) is 94.0 Å². The van der Waals surface area contributed by atoms with E-state index in [-0.39, 0.29) is 5.91 Å². The van der Waals surface area contributed by atoms with Crippen molar-refractivity contribution in [2.45, 2.75) is 24.5 Å². The Hall–Kier alpha value is -1.19. The van der Waals surface area contributed by atoms with E-state index >= 15 is 0 Å². The lowest BCUT2D eigenvalue weighted by Crippen LogP contribution is -2.24. The van der Waals surface area contributed by atoms with Crippen LogP contribution in [0.15, 0.2) is 5.16 Å². The summed E-state index contributed by atoms with van der Waals surface area (Å²) >= 11 is 1.57. The Kier molecular flexibility index (Phi) is 8.92. The number of thioether (sulfide) groups is 1. The molecule has 1 aromatic heterocycles. The number of nitrogens with zero attached hydrogens (tertiary/aromatic N) is 4. The standard InChI is InChI=1S/C11H22N6O2S/c1-12-10(18)4-3-9-20-11-14-15-16-17(11)7-5-13-6-8-19-2/h13H,3-9H2,1-2H3,(H,12,18). The lowest BCUT2D eigenvalue weighted by molar-refractivity contribution is -0.120. The number of aromatic nitrogens is 4. The second-order valence-electron chi connectivity index (χ2n) is 4.05. The third kappa shape index (κ3) is 6.83. The molecule has 1 rings (SSSR count). The molecule has 0 radical (unpaired) electrons. The Bertz CT molecular complexity index is 387. The Balaban J connectivity index is 2.19. The van der Waals surface area contributed by atoms with Gasteiger partial charge in [-0.1, -0.05) is 11.8 Å². The van der Waals surface area contributed by atoms with Crippen LogP contribution in [0, 0.1) is 0 Å². The Labute approximate surface area is 123 Å². The fraction of sp³-hybridized carbons (Fsp3) is 0.818. The molecule has 114 valence electrons. The number of methoxy groups -OCH3 is 1. The van der Waals surface area contributed by atoms with Gasteiger partial charge in [-0.05, 0) is 16.8 Å². The van der Waals surface area contributed by atoms with Gasteiger partial charge in [0.2, 0.25) is 11.1 Å². The molecular weight excluding hydrogens is 280 g/mol. The SMILES string of the molecule is CNC(=O)CCCSc1nnnn1CCNCCOC. The van der Waals surface area contributed by atoms with Crippen LogP contribution in [0.1, 0.15) is 12.8 Å². The van der Waals surface area contributed by atoms with E-state index in [0.717, 1.165) is 30.4 Å². The van der Waals surface area contributed by atoms with Crippen molar-refractivity contribution in [3.8, 4) is 0 Å². The normalized spacial score (nSPS) is 10.7. The molecule has 0 atom stereocenters. The molecule has 0 aliphatic carbocycles. The number of amides is 1. The van der Waals surface area contributed by atoms with Gasteiger partial charge in [-0.2, -0.15) is 0 Å². The third-order valence-corrected chi connectivity index (χ3v) is 3.58. The zero-order valence-corrected chi connectivity index (χ0v) is 12.8. The van der Waals surface area contributed by atoms with Crippen molar-refractivity contribution < 1.29 is 9.53 Å². The fourth-order valence-electron chi connectivity index (χ4n) is 1.45. The maximum absolute atomic E-state index is 11.1. The largest absolute Gasteiger partial charge is 0.383 e. The fourth-order valence-corrected chi connectivity index (χ4v) is 2.29. The highest BCUT2D eigenvalue weighted by atomic mass is 32.2. The molecule has 1 amide bonds. The first-order valence-electron chi connectivity index (χ1n) is 6.57. The average molecular weight is 302 g/mol. The number of hydrogen-bond donors (Lipinski definition) is 2. The van der Waals surface area contributed by atoms with Crippen LogP contribution < -0.4 is 10.6 Å². The van der Waals surface area contributed by atoms with E-state index in [1.165, 1.54) is 0 Å². The number of carbonyl (C=O) groups excluding carboxylic acids is 1. The lowest BCUT2D eigenvalue weighted by Gasteiger charge is -2.05. The number of ether oxygens (including phenoxy) is 1. The maximum Gasteiger partial charge on any atom is 0.219 e. The van der Waals surface area contributed by atoms with Crippen LogP contribution in [0.2, 0.25) is 0 Å². The molecule has 0 spiro atoms. The van der Waals surface area contributed by atoms with E-state index in [4.69, 9.17) is 4.74 Å². The van der Waals surface area contributed by atoms with Crippen molar-refractivity contribution in [2.24, 2.45) is 0 Å². The quantitative estimate of drug-likeness (QED) is 0.421. The van der Waals surface area contributed by atoms with Crippen LogP contribution in [-0.4, -0.2) is 65.7 Å². The van der Waals surface area contributed by atoms with Gasteiger partial charge in [0.15, 0.2) is 0 Å². The minimum atomic E-state index is 0.0625. The third-order valence-electron chi connectivity index (χ3n) is 2.54.